The van der Waals surface area contributed by atoms with Crippen molar-refractivity contribution in [2.45, 2.75) is 25.2 Å². The van der Waals surface area contributed by atoms with Crippen LogP contribution in [0, 0.1) is 12.3 Å². The first-order valence-corrected chi connectivity index (χ1v) is 7.88. The molecule has 0 fully saturated rings. The van der Waals surface area contributed by atoms with Crippen LogP contribution in [0.1, 0.15) is 16.3 Å². The Bertz CT molecular complexity index is 988. The van der Waals surface area contributed by atoms with E-state index in [0.717, 1.165) is 0 Å². The fourth-order valence-corrected chi connectivity index (χ4v) is 2.64. The van der Waals surface area contributed by atoms with E-state index in [1.165, 1.54) is 12.2 Å². The van der Waals surface area contributed by atoms with Crippen LogP contribution in [0.5, 0.6) is 0 Å². The van der Waals surface area contributed by atoms with Crippen LogP contribution in [-0.4, -0.2) is 39.0 Å². The van der Waals surface area contributed by atoms with Gasteiger partial charge in [0.2, 0.25) is 4.96 Å². The van der Waals surface area contributed by atoms with E-state index in [4.69, 9.17) is 5.41 Å². The standard InChI is InChI=1S/C13H9F8N5OS/c1-5-25-26-9(27)7(8(12(16,17)18)24-10(26)28-5)6(22)2-3-23-4-11(14,15)13(19,20)21/h2-3,22-23H,4H2,1H3/b3-2-,22-6?. The van der Waals surface area contributed by atoms with Gasteiger partial charge in [-0.15, -0.1) is 0 Å². The van der Waals surface area contributed by atoms with Crippen molar-refractivity contribution in [3.05, 3.63) is 38.9 Å². The molecular formula is C13H9F8N5OS. The van der Waals surface area contributed by atoms with Crippen LogP contribution in [0.4, 0.5) is 35.1 Å². The molecule has 0 saturated carbocycles. The lowest BCUT2D eigenvalue weighted by atomic mass is 10.1. The third-order valence-electron chi connectivity index (χ3n) is 3.16. The quantitative estimate of drug-likeness (QED) is 0.559. The topological polar surface area (TPSA) is 83.1 Å². The summed E-state index contributed by atoms with van der Waals surface area (Å²) in [4.78, 5) is 15.2. The third-order valence-corrected chi connectivity index (χ3v) is 3.98. The van der Waals surface area contributed by atoms with Gasteiger partial charge in [0.25, 0.3) is 5.56 Å². The van der Waals surface area contributed by atoms with Gasteiger partial charge >= 0.3 is 18.3 Å². The molecule has 0 atom stereocenters. The van der Waals surface area contributed by atoms with Crippen LogP contribution in [0.3, 0.4) is 0 Å². The molecule has 0 radical (unpaired) electrons. The number of alkyl halides is 8. The SMILES string of the molecule is Cc1nn2c(=O)c(C(=N)/C=C\NCC(F)(F)C(F)(F)F)c(C(F)(F)F)nc2s1. The fraction of sp³-hybridized carbons (Fsp3) is 0.385. The average Bonchev–Trinajstić information content (AvgIpc) is 2.90. The normalized spacial score (nSPS) is 13.5. The van der Waals surface area contributed by atoms with Crippen molar-refractivity contribution < 1.29 is 35.1 Å². The third kappa shape index (κ3) is 4.28. The molecule has 0 aliphatic carbocycles. The van der Waals surface area contributed by atoms with Gasteiger partial charge in [0, 0.05) is 0 Å². The Morgan fingerprint density at radius 2 is 1.82 bits per heavy atom. The smallest absolute Gasteiger partial charge is 0.384 e. The second kappa shape index (κ2) is 7.10. The summed E-state index contributed by atoms with van der Waals surface area (Å²) in [6.45, 7) is -0.504. The number of aromatic nitrogens is 3. The van der Waals surface area contributed by atoms with Crippen LogP contribution in [0.25, 0.3) is 4.96 Å². The molecule has 0 aromatic carbocycles. The van der Waals surface area contributed by atoms with Gasteiger partial charge in [-0.05, 0) is 19.2 Å². The van der Waals surface area contributed by atoms with Crippen molar-refractivity contribution in [3.8, 4) is 0 Å². The first-order chi connectivity index (χ1) is 12.6. The summed E-state index contributed by atoms with van der Waals surface area (Å²) in [5.74, 6) is -5.10. The van der Waals surface area contributed by atoms with Crippen LogP contribution in [0.15, 0.2) is 17.1 Å². The number of allylic oxidation sites excluding steroid dienone is 1. The number of nitrogens with one attached hydrogen (secondary N) is 2. The molecule has 0 bridgehead atoms. The summed E-state index contributed by atoms with van der Waals surface area (Å²) in [6.07, 6.45) is -10.1. The minimum atomic E-state index is -5.83. The van der Waals surface area contributed by atoms with Gasteiger partial charge in [-0.25, -0.2) is 4.98 Å². The highest BCUT2D eigenvalue weighted by atomic mass is 32.1. The van der Waals surface area contributed by atoms with E-state index in [9.17, 15) is 39.9 Å². The highest BCUT2D eigenvalue weighted by Gasteiger charge is 2.57. The Balaban J connectivity index is 2.37. The first-order valence-electron chi connectivity index (χ1n) is 7.06. The van der Waals surface area contributed by atoms with Gasteiger partial charge in [-0.2, -0.15) is 44.7 Å². The van der Waals surface area contributed by atoms with Crippen molar-refractivity contribution in [3.63, 3.8) is 0 Å². The van der Waals surface area contributed by atoms with Crippen molar-refractivity contribution in [2.24, 2.45) is 0 Å². The highest BCUT2D eigenvalue weighted by Crippen LogP contribution is 2.34. The predicted molar refractivity (Wildman–Crippen MR) is 81.8 cm³/mol. The molecule has 0 unspecified atom stereocenters. The number of rotatable bonds is 5. The minimum absolute atomic E-state index is 0.216. The summed E-state index contributed by atoms with van der Waals surface area (Å²) >= 11 is 0.694. The van der Waals surface area contributed by atoms with E-state index in [2.05, 4.69) is 10.1 Å². The molecule has 2 N–H and O–H groups in total. The lowest BCUT2D eigenvalue weighted by molar-refractivity contribution is -0.278. The second-order valence-electron chi connectivity index (χ2n) is 5.28. The molecule has 2 rings (SSSR count). The Hall–Kier alpha value is -2.58. The summed E-state index contributed by atoms with van der Waals surface area (Å²) in [5, 5.41) is 13.0. The lowest BCUT2D eigenvalue weighted by Gasteiger charge is -2.19. The fourth-order valence-electron chi connectivity index (χ4n) is 1.90. The van der Waals surface area contributed by atoms with Crippen molar-refractivity contribution in [2.75, 3.05) is 6.54 Å². The Morgan fingerprint density at radius 3 is 2.36 bits per heavy atom. The molecule has 2 aromatic rings. The molecule has 6 nitrogen and oxygen atoms in total. The summed E-state index contributed by atoms with van der Waals surface area (Å²) in [7, 11) is 0. The van der Waals surface area contributed by atoms with E-state index in [1.54, 1.807) is 0 Å². The Labute approximate surface area is 154 Å². The van der Waals surface area contributed by atoms with E-state index in [-0.39, 0.29) is 9.97 Å². The molecular weight excluding hydrogens is 426 g/mol. The van der Waals surface area contributed by atoms with Crippen molar-refractivity contribution in [1.82, 2.24) is 19.9 Å². The first kappa shape index (κ1) is 21.7. The van der Waals surface area contributed by atoms with E-state index in [0.29, 0.717) is 28.1 Å². The molecule has 2 heterocycles. The van der Waals surface area contributed by atoms with Gasteiger partial charge in [-0.1, -0.05) is 11.3 Å². The van der Waals surface area contributed by atoms with Gasteiger partial charge in [0.15, 0.2) is 5.69 Å². The molecule has 28 heavy (non-hydrogen) atoms. The van der Waals surface area contributed by atoms with Gasteiger partial charge in [0.1, 0.15) is 5.01 Å². The second-order valence-corrected chi connectivity index (χ2v) is 6.44. The highest BCUT2D eigenvalue weighted by molar-refractivity contribution is 7.16. The van der Waals surface area contributed by atoms with Gasteiger partial charge in [0.05, 0.1) is 17.8 Å². The molecule has 0 saturated heterocycles. The molecule has 0 amide bonds. The van der Waals surface area contributed by atoms with Gasteiger partial charge < -0.3 is 5.32 Å². The number of nitrogens with zero attached hydrogens (tertiary/aromatic N) is 3. The number of halogens is 8. The van der Waals surface area contributed by atoms with Crippen LogP contribution in [0.2, 0.25) is 0 Å². The molecule has 154 valence electrons. The lowest BCUT2D eigenvalue weighted by Crippen LogP contribution is -2.44. The maximum atomic E-state index is 13.2. The molecule has 15 heteroatoms. The van der Waals surface area contributed by atoms with E-state index >= 15 is 0 Å². The van der Waals surface area contributed by atoms with Crippen LogP contribution in [-0.2, 0) is 6.18 Å². The zero-order valence-corrected chi connectivity index (χ0v) is 14.4. The van der Waals surface area contributed by atoms with E-state index in [1.807, 2.05) is 0 Å². The number of hydrogen-bond donors (Lipinski definition) is 2. The van der Waals surface area contributed by atoms with Gasteiger partial charge in [-0.3, -0.25) is 10.2 Å². The summed E-state index contributed by atoms with van der Waals surface area (Å²) in [6, 6.07) is 0. The zero-order valence-electron chi connectivity index (χ0n) is 13.5. The predicted octanol–water partition coefficient (Wildman–Crippen LogP) is 3.15. The molecule has 0 spiro atoms. The van der Waals surface area contributed by atoms with Crippen molar-refractivity contribution >= 4 is 22.0 Å². The average molecular weight is 435 g/mol. The maximum absolute atomic E-state index is 13.2. The van der Waals surface area contributed by atoms with Crippen LogP contribution < -0.4 is 10.9 Å². The van der Waals surface area contributed by atoms with Crippen LogP contribution >= 0.6 is 11.3 Å². The molecule has 0 aliphatic rings. The summed E-state index contributed by atoms with van der Waals surface area (Å²) in [5.41, 5.74) is -5.36. The molecule has 0 aliphatic heterocycles. The minimum Gasteiger partial charge on any atom is -0.384 e. The largest absolute Gasteiger partial charge is 0.455 e. The zero-order chi connectivity index (χ0) is 21.5. The van der Waals surface area contributed by atoms with E-state index < -0.39 is 47.3 Å². The van der Waals surface area contributed by atoms with Crippen molar-refractivity contribution in [1.29, 1.82) is 5.41 Å². The number of fused-ring (bicyclic) bond motifs is 1. The number of aryl methyl sites for hydroxylation is 1. The maximum Gasteiger partial charge on any atom is 0.455 e. The summed E-state index contributed by atoms with van der Waals surface area (Å²) < 4.78 is 102. The molecule has 2 aromatic heterocycles. The Kier molecular flexibility index (Phi) is 5.51. The Morgan fingerprint density at radius 1 is 1.21 bits per heavy atom. The monoisotopic (exact) mass is 435 g/mol. The number of hydrogen-bond acceptors (Lipinski definition) is 6.